The quantitative estimate of drug-likeness (QED) is 0.453. The maximum atomic E-state index is 5.66. The van der Waals surface area contributed by atoms with Crippen LogP contribution in [0.15, 0.2) is 22.7 Å². The normalized spacial score (nSPS) is 17.4. The molecule has 16 heavy (non-hydrogen) atoms. The molecule has 0 aromatic heterocycles. The van der Waals surface area contributed by atoms with Crippen LogP contribution in [-0.2, 0) is 0 Å². The van der Waals surface area contributed by atoms with Crippen molar-refractivity contribution in [3.05, 3.63) is 31.8 Å². The average molecular weight is 395 g/mol. The molecule has 0 bridgehead atoms. The van der Waals surface area contributed by atoms with E-state index in [4.69, 9.17) is 5.84 Å². The molecule has 88 valence electrons. The molecule has 2 nitrogen and oxygen atoms in total. The van der Waals surface area contributed by atoms with Gasteiger partial charge < -0.3 is 0 Å². The third-order valence-corrected chi connectivity index (χ3v) is 4.49. The van der Waals surface area contributed by atoms with Crippen LogP contribution in [0.2, 0.25) is 0 Å². The molecule has 0 radical (unpaired) electrons. The van der Waals surface area contributed by atoms with E-state index in [0.717, 1.165) is 16.8 Å². The zero-order chi connectivity index (χ0) is 11.5. The first-order valence-corrected chi connectivity index (χ1v) is 7.49. The molecule has 4 heteroatoms. The standard InChI is InChI=1S/C12H16BrIN2/c13-11-5-4-9(14)7-10(11)12(16-15)6-3-8-1-2-8/h4-5,7-8,12,16H,1-3,6,15H2. The smallest absolute Gasteiger partial charge is 0.0471 e. The monoisotopic (exact) mass is 394 g/mol. The summed E-state index contributed by atoms with van der Waals surface area (Å²) in [6, 6.07) is 6.66. The van der Waals surface area contributed by atoms with Crippen LogP contribution in [0.25, 0.3) is 0 Å². The molecule has 1 aromatic carbocycles. The Morgan fingerprint density at radius 1 is 1.50 bits per heavy atom. The van der Waals surface area contributed by atoms with Gasteiger partial charge in [0.15, 0.2) is 0 Å². The van der Waals surface area contributed by atoms with Crippen LogP contribution in [0, 0.1) is 9.49 Å². The van der Waals surface area contributed by atoms with E-state index < -0.39 is 0 Å². The third-order valence-electron chi connectivity index (χ3n) is 3.10. The summed E-state index contributed by atoms with van der Waals surface area (Å²) in [6.45, 7) is 0. The summed E-state index contributed by atoms with van der Waals surface area (Å²) in [5.41, 5.74) is 4.21. The molecule has 0 aliphatic heterocycles. The zero-order valence-corrected chi connectivity index (χ0v) is 12.8. The average Bonchev–Trinajstić information content (AvgIpc) is 3.07. The lowest BCUT2D eigenvalue weighted by atomic mass is 10.0. The fraction of sp³-hybridized carbons (Fsp3) is 0.500. The topological polar surface area (TPSA) is 38.0 Å². The van der Waals surface area contributed by atoms with Gasteiger partial charge in [0.2, 0.25) is 0 Å². The van der Waals surface area contributed by atoms with Crippen molar-refractivity contribution in [3.63, 3.8) is 0 Å². The summed E-state index contributed by atoms with van der Waals surface area (Å²) in [5.74, 6) is 6.61. The fourth-order valence-corrected chi connectivity index (χ4v) is 2.96. The second-order valence-electron chi connectivity index (χ2n) is 4.41. The minimum atomic E-state index is 0.268. The molecule has 3 N–H and O–H groups in total. The molecular formula is C12H16BrIN2. The predicted molar refractivity (Wildman–Crippen MR) is 78.9 cm³/mol. The van der Waals surface area contributed by atoms with Crippen molar-refractivity contribution in [2.24, 2.45) is 11.8 Å². The van der Waals surface area contributed by atoms with E-state index in [-0.39, 0.29) is 6.04 Å². The van der Waals surface area contributed by atoms with Gasteiger partial charge in [-0.2, -0.15) is 0 Å². The van der Waals surface area contributed by atoms with Gasteiger partial charge in [0, 0.05) is 14.1 Å². The highest BCUT2D eigenvalue weighted by Gasteiger charge is 2.23. The lowest BCUT2D eigenvalue weighted by molar-refractivity contribution is 0.480. The van der Waals surface area contributed by atoms with E-state index in [1.165, 1.54) is 28.4 Å². The van der Waals surface area contributed by atoms with Gasteiger partial charge in [0.1, 0.15) is 0 Å². The van der Waals surface area contributed by atoms with Gasteiger partial charge in [0.25, 0.3) is 0 Å². The van der Waals surface area contributed by atoms with Gasteiger partial charge in [-0.3, -0.25) is 11.3 Å². The fourth-order valence-electron chi connectivity index (χ4n) is 1.92. The second-order valence-corrected chi connectivity index (χ2v) is 6.51. The van der Waals surface area contributed by atoms with Crippen molar-refractivity contribution in [1.29, 1.82) is 0 Å². The van der Waals surface area contributed by atoms with Crippen LogP contribution in [-0.4, -0.2) is 0 Å². The number of hydrogen-bond acceptors (Lipinski definition) is 2. The Morgan fingerprint density at radius 2 is 2.25 bits per heavy atom. The number of rotatable bonds is 5. The number of benzene rings is 1. The van der Waals surface area contributed by atoms with Crippen molar-refractivity contribution in [2.75, 3.05) is 0 Å². The number of hydrogen-bond donors (Lipinski definition) is 2. The molecule has 1 unspecified atom stereocenters. The Balaban J connectivity index is 2.07. The van der Waals surface area contributed by atoms with Gasteiger partial charge >= 0.3 is 0 Å². The maximum absolute atomic E-state index is 5.66. The molecule has 0 saturated heterocycles. The lowest BCUT2D eigenvalue weighted by Crippen LogP contribution is -2.28. The summed E-state index contributed by atoms with van der Waals surface area (Å²) in [7, 11) is 0. The van der Waals surface area contributed by atoms with Gasteiger partial charge in [-0.15, -0.1) is 0 Å². The van der Waals surface area contributed by atoms with Crippen molar-refractivity contribution in [1.82, 2.24) is 5.43 Å². The van der Waals surface area contributed by atoms with Crippen LogP contribution < -0.4 is 11.3 Å². The molecule has 1 aliphatic carbocycles. The number of halogens is 2. The molecule has 1 aliphatic rings. The van der Waals surface area contributed by atoms with E-state index in [1.807, 2.05) is 0 Å². The Kier molecular flexibility index (Phi) is 4.64. The zero-order valence-electron chi connectivity index (χ0n) is 9.05. The Labute approximate surface area is 119 Å². The molecule has 0 amide bonds. The van der Waals surface area contributed by atoms with Crippen LogP contribution in [0.3, 0.4) is 0 Å². The molecule has 2 rings (SSSR count). The molecule has 0 spiro atoms. The summed E-state index contributed by atoms with van der Waals surface area (Å²) in [4.78, 5) is 0. The lowest BCUT2D eigenvalue weighted by Gasteiger charge is -2.18. The summed E-state index contributed by atoms with van der Waals surface area (Å²) in [5, 5.41) is 0. The minimum absolute atomic E-state index is 0.268. The second kappa shape index (κ2) is 5.80. The molecule has 1 fully saturated rings. The van der Waals surface area contributed by atoms with E-state index in [0.29, 0.717) is 0 Å². The Morgan fingerprint density at radius 3 is 2.88 bits per heavy atom. The minimum Gasteiger partial charge on any atom is -0.271 e. The van der Waals surface area contributed by atoms with Crippen LogP contribution in [0.1, 0.15) is 37.3 Å². The third kappa shape index (κ3) is 3.42. The maximum Gasteiger partial charge on any atom is 0.0471 e. The first-order chi connectivity index (χ1) is 7.70. The van der Waals surface area contributed by atoms with Crippen LogP contribution >= 0.6 is 38.5 Å². The van der Waals surface area contributed by atoms with Crippen molar-refractivity contribution in [2.45, 2.75) is 31.7 Å². The van der Waals surface area contributed by atoms with E-state index in [1.54, 1.807) is 0 Å². The summed E-state index contributed by atoms with van der Waals surface area (Å²) >= 11 is 5.93. The van der Waals surface area contributed by atoms with Crippen molar-refractivity contribution in [3.8, 4) is 0 Å². The number of nitrogens with two attached hydrogens (primary N) is 1. The number of hydrazine groups is 1. The first-order valence-electron chi connectivity index (χ1n) is 5.62. The summed E-state index contributed by atoms with van der Waals surface area (Å²) in [6.07, 6.45) is 5.22. The largest absolute Gasteiger partial charge is 0.271 e. The van der Waals surface area contributed by atoms with Gasteiger partial charge in [0.05, 0.1) is 0 Å². The molecule has 1 saturated carbocycles. The Bertz CT molecular complexity index is 366. The first kappa shape index (κ1) is 12.8. The van der Waals surface area contributed by atoms with Gasteiger partial charge in [-0.05, 0) is 65.1 Å². The highest BCUT2D eigenvalue weighted by Crippen LogP contribution is 2.37. The van der Waals surface area contributed by atoms with Gasteiger partial charge in [-0.1, -0.05) is 28.8 Å². The van der Waals surface area contributed by atoms with Crippen molar-refractivity contribution >= 4 is 38.5 Å². The molecule has 0 heterocycles. The van der Waals surface area contributed by atoms with Crippen molar-refractivity contribution < 1.29 is 0 Å². The summed E-state index contributed by atoms with van der Waals surface area (Å²) < 4.78 is 2.40. The highest BCUT2D eigenvalue weighted by molar-refractivity contribution is 14.1. The van der Waals surface area contributed by atoms with E-state index in [9.17, 15) is 0 Å². The molecule has 1 aromatic rings. The molecular weight excluding hydrogens is 379 g/mol. The van der Waals surface area contributed by atoms with Crippen LogP contribution in [0.4, 0.5) is 0 Å². The highest BCUT2D eigenvalue weighted by atomic mass is 127. The molecule has 1 atom stereocenters. The number of nitrogens with one attached hydrogen (secondary N) is 1. The van der Waals surface area contributed by atoms with E-state index >= 15 is 0 Å². The van der Waals surface area contributed by atoms with Crippen LogP contribution in [0.5, 0.6) is 0 Å². The SMILES string of the molecule is NNC(CCC1CC1)c1cc(I)ccc1Br. The Hall–Kier alpha value is 0.350. The predicted octanol–water partition coefficient (Wildman–Crippen LogP) is 3.75. The van der Waals surface area contributed by atoms with E-state index in [2.05, 4.69) is 62.1 Å². The van der Waals surface area contributed by atoms with Gasteiger partial charge in [-0.25, -0.2) is 0 Å².